The van der Waals surface area contributed by atoms with E-state index in [0.29, 0.717) is 61.9 Å². The van der Waals surface area contributed by atoms with Gasteiger partial charge in [-0.05, 0) is 99.2 Å². The van der Waals surface area contributed by atoms with Crippen molar-refractivity contribution in [3.05, 3.63) is 0 Å². The summed E-state index contributed by atoms with van der Waals surface area (Å²) in [6.07, 6.45) is -6.59. The van der Waals surface area contributed by atoms with Crippen LogP contribution in [0.2, 0.25) is 0 Å². The van der Waals surface area contributed by atoms with Crippen LogP contribution in [0.3, 0.4) is 0 Å². The van der Waals surface area contributed by atoms with E-state index in [1.807, 2.05) is 6.92 Å². The highest BCUT2D eigenvalue weighted by Gasteiger charge is 2.71. The predicted molar refractivity (Wildman–Crippen MR) is 214 cm³/mol. The van der Waals surface area contributed by atoms with Crippen molar-refractivity contribution < 1.29 is 77.7 Å². The van der Waals surface area contributed by atoms with Gasteiger partial charge in [-0.1, -0.05) is 27.7 Å². The first kappa shape index (κ1) is 46.6. The van der Waals surface area contributed by atoms with Crippen LogP contribution in [0, 0.1) is 52.3 Å². The molecule has 1 spiro atoms. The molecule has 61 heavy (non-hydrogen) atoms. The van der Waals surface area contributed by atoms with E-state index in [9.17, 15) is 30.3 Å². The molecule has 5 N–H and O–H groups in total. The SMILES string of the molecule is CCOCOC[C@H]1O[C@@H](O[C@H]2[C@H](O)[C@@H](O)[C@H](O[C@H]3CC[C@@]4(C)[C@@H](CC[C@@H]5[C@@H]4C(=O)C[C@]4(C)C6C(C[C@@H]54)O[C@]4(CC[C@@H](C)CO4)[C@H]6C)C3)O[C@@H]2COCOCC)[C@H](O)[C@@H](O)[C@@H]1O. The molecule has 8 rings (SSSR count). The molecule has 16 heteroatoms. The fourth-order valence-corrected chi connectivity index (χ4v) is 13.6. The summed E-state index contributed by atoms with van der Waals surface area (Å²) in [4.78, 5) is 14.6. The van der Waals surface area contributed by atoms with Crippen molar-refractivity contribution in [3.8, 4) is 0 Å². The molecule has 4 aliphatic heterocycles. The van der Waals surface area contributed by atoms with Gasteiger partial charge in [0.2, 0.25) is 0 Å². The molecule has 8 aliphatic rings. The van der Waals surface area contributed by atoms with Crippen molar-refractivity contribution >= 4 is 5.78 Å². The molecule has 0 aromatic rings. The Morgan fingerprint density at radius 1 is 0.721 bits per heavy atom. The molecule has 0 amide bonds. The van der Waals surface area contributed by atoms with Crippen molar-refractivity contribution in [1.29, 1.82) is 0 Å². The summed E-state index contributed by atoms with van der Waals surface area (Å²) in [7, 11) is 0. The Kier molecular flexibility index (Phi) is 14.3. The Labute approximate surface area is 360 Å². The normalized spacial score (nSPS) is 52.1. The molecule has 0 aromatic heterocycles. The van der Waals surface area contributed by atoms with Crippen LogP contribution in [-0.4, -0.2) is 157 Å². The minimum absolute atomic E-state index is 0.0175. The molecule has 4 saturated heterocycles. The zero-order valence-corrected chi connectivity index (χ0v) is 37.0. The van der Waals surface area contributed by atoms with Crippen molar-refractivity contribution in [3.63, 3.8) is 0 Å². The van der Waals surface area contributed by atoms with E-state index in [-0.39, 0.29) is 67.6 Å². The van der Waals surface area contributed by atoms with Crippen LogP contribution in [0.5, 0.6) is 0 Å². The van der Waals surface area contributed by atoms with Gasteiger partial charge in [0.05, 0.1) is 32.0 Å². The Hall–Kier alpha value is -0.930. The van der Waals surface area contributed by atoms with Gasteiger partial charge in [-0.15, -0.1) is 0 Å². The third-order valence-corrected chi connectivity index (χ3v) is 16.8. The second-order valence-electron chi connectivity index (χ2n) is 20.3. The van der Waals surface area contributed by atoms with Crippen molar-refractivity contribution in [2.24, 2.45) is 52.3 Å². The van der Waals surface area contributed by atoms with Crippen molar-refractivity contribution in [2.45, 2.75) is 179 Å². The fraction of sp³-hybridized carbons (Fsp3) is 0.978. The highest BCUT2D eigenvalue weighted by atomic mass is 16.8. The monoisotopic (exact) mass is 870 g/mol. The Morgan fingerprint density at radius 2 is 1.39 bits per heavy atom. The molecule has 4 aliphatic carbocycles. The minimum Gasteiger partial charge on any atom is -0.387 e. The van der Waals surface area contributed by atoms with Crippen LogP contribution in [0.1, 0.15) is 99.3 Å². The molecule has 2 unspecified atom stereocenters. The molecule has 350 valence electrons. The zero-order chi connectivity index (χ0) is 43.4. The number of aliphatic hydroxyl groups excluding tert-OH is 5. The summed E-state index contributed by atoms with van der Waals surface area (Å²) in [5, 5.41) is 55.2. The quantitative estimate of drug-likeness (QED) is 0.0966. The zero-order valence-electron chi connectivity index (χ0n) is 37.0. The van der Waals surface area contributed by atoms with Gasteiger partial charge in [-0.25, -0.2) is 0 Å². The maximum absolute atomic E-state index is 14.6. The minimum atomic E-state index is -1.70. The molecule has 4 heterocycles. The van der Waals surface area contributed by atoms with E-state index < -0.39 is 67.2 Å². The van der Waals surface area contributed by atoms with Crippen LogP contribution < -0.4 is 0 Å². The summed E-state index contributed by atoms with van der Waals surface area (Å²) in [6, 6.07) is 0. The molecular weight excluding hydrogens is 796 g/mol. The van der Waals surface area contributed by atoms with Crippen LogP contribution in [0.25, 0.3) is 0 Å². The summed E-state index contributed by atoms with van der Waals surface area (Å²) >= 11 is 0. The van der Waals surface area contributed by atoms with E-state index in [0.717, 1.165) is 45.1 Å². The standard InChI is InChI=1S/C45H74O16/c1-7-52-21-54-19-31-35(47)36(48)38(50)42(58-31)60-40-32(20-55-22-53-8-2)59-41(39(51)37(40)49)57-26-12-13-43(5)25(15-26)9-10-27-28-16-30-33(44(28,6)17-29(46)34(27)43)24(4)45(61-30)14-11-23(3)18-56-45/h23-28,30-42,47-51H,7-22H2,1-6H3/t23-,24+,25+,26+,27+,28+,30?,31-,32-,33?,34-,35-,36+,37-,38-,39-,40-,41-,42+,43+,44+,45-/m1/s1. The Bertz CT molecular complexity index is 1480. The van der Waals surface area contributed by atoms with Gasteiger partial charge in [-0.2, -0.15) is 0 Å². The molecule has 8 fully saturated rings. The lowest BCUT2D eigenvalue weighted by Crippen LogP contribution is -2.65. The largest absolute Gasteiger partial charge is 0.387 e. The molecule has 0 aromatic carbocycles. The number of hydrogen-bond donors (Lipinski definition) is 5. The molecule has 16 nitrogen and oxygen atoms in total. The van der Waals surface area contributed by atoms with Crippen molar-refractivity contribution in [2.75, 3.05) is 46.6 Å². The molecule has 4 saturated carbocycles. The van der Waals surface area contributed by atoms with Gasteiger partial charge in [0.1, 0.15) is 68.2 Å². The lowest BCUT2D eigenvalue weighted by molar-refractivity contribution is -0.366. The number of fused-ring (bicyclic) bond motifs is 7. The van der Waals surface area contributed by atoms with Gasteiger partial charge in [-0.3, -0.25) is 4.79 Å². The number of Topliss-reactive ketones (excluding diaryl/α,β-unsaturated/α-hetero) is 1. The Balaban J connectivity index is 0.913. The summed E-state index contributed by atoms with van der Waals surface area (Å²) in [6.45, 7) is 14.0. The predicted octanol–water partition coefficient (Wildman–Crippen LogP) is 2.66. The smallest absolute Gasteiger partial charge is 0.187 e. The third kappa shape index (κ3) is 8.54. The topological polar surface area (TPSA) is 211 Å². The van der Waals surface area contributed by atoms with Gasteiger partial charge >= 0.3 is 0 Å². The van der Waals surface area contributed by atoms with Crippen LogP contribution in [-0.2, 0) is 52.2 Å². The molecule has 0 radical (unpaired) electrons. The van der Waals surface area contributed by atoms with E-state index in [2.05, 4.69) is 27.7 Å². The molecule has 22 atom stereocenters. The maximum Gasteiger partial charge on any atom is 0.187 e. The first-order valence-electron chi connectivity index (χ1n) is 23.3. The third-order valence-electron chi connectivity index (χ3n) is 16.8. The van der Waals surface area contributed by atoms with Crippen molar-refractivity contribution in [1.82, 2.24) is 0 Å². The number of aliphatic hydroxyl groups is 5. The fourth-order valence-electron chi connectivity index (χ4n) is 13.6. The van der Waals surface area contributed by atoms with E-state index in [1.165, 1.54) is 0 Å². The number of ketones is 1. The lowest BCUT2D eigenvalue weighted by atomic mass is 9.44. The number of rotatable bonds is 14. The molecule has 0 bridgehead atoms. The van der Waals surface area contributed by atoms with Gasteiger partial charge in [0.25, 0.3) is 0 Å². The number of carbonyl (C=O) groups is 1. The van der Waals surface area contributed by atoms with E-state index in [4.69, 9.17) is 47.4 Å². The highest BCUT2D eigenvalue weighted by molar-refractivity contribution is 5.84. The van der Waals surface area contributed by atoms with Gasteiger partial charge in [0, 0.05) is 37.9 Å². The average Bonchev–Trinajstić information content (AvgIpc) is 3.68. The summed E-state index contributed by atoms with van der Waals surface area (Å²) in [5.74, 6) is 1.94. The van der Waals surface area contributed by atoms with E-state index in [1.54, 1.807) is 6.92 Å². The first-order valence-corrected chi connectivity index (χ1v) is 23.3. The number of carbonyl (C=O) groups excluding carboxylic acids is 1. The number of hydrogen-bond acceptors (Lipinski definition) is 16. The van der Waals surface area contributed by atoms with Crippen LogP contribution in [0.15, 0.2) is 0 Å². The van der Waals surface area contributed by atoms with Crippen LogP contribution >= 0.6 is 0 Å². The first-order chi connectivity index (χ1) is 29.2. The highest BCUT2D eigenvalue weighted by Crippen LogP contribution is 2.70. The number of ether oxygens (including phenoxy) is 10. The summed E-state index contributed by atoms with van der Waals surface area (Å²) < 4.78 is 59.9. The molecular formula is C45H74O16. The lowest BCUT2D eigenvalue weighted by Gasteiger charge is -2.60. The van der Waals surface area contributed by atoms with Gasteiger partial charge in [0.15, 0.2) is 18.4 Å². The van der Waals surface area contributed by atoms with E-state index >= 15 is 0 Å². The summed E-state index contributed by atoms with van der Waals surface area (Å²) in [5.41, 5.74) is -0.288. The second kappa shape index (κ2) is 18.8. The maximum atomic E-state index is 14.6. The van der Waals surface area contributed by atoms with Crippen LogP contribution in [0.4, 0.5) is 0 Å². The Morgan fingerprint density at radius 3 is 2.08 bits per heavy atom. The second-order valence-corrected chi connectivity index (χ2v) is 20.3. The van der Waals surface area contributed by atoms with Gasteiger partial charge < -0.3 is 72.9 Å². The average molecular weight is 871 g/mol.